The van der Waals surface area contributed by atoms with Gasteiger partial charge in [-0.05, 0) is 59.2 Å². The Morgan fingerprint density at radius 2 is 1.70 bits per heavy atom. The Kier molecular flexibility index (Phi) is 8.98. The zero-order chi connectivity index (χ0) is 24.6. The zero-order valence-electron chi connectivity index (χ0n) is 20.3. The van der Waals surface area contributed by atoms with Crippen LogP contribution in [0.1, 0.15) is 47.1 Å². The van der Waals surface area contributed by atoms with Crippen molar-refractivity contribution < 1.29 is 19.1 Å². The Morgan fingerprint density at radius 3 is 2.33 bits per heavy atom. The van der Waals surface area contributed by atoms with Gasteiger partial charge in [0.1, 0.15) is 6.33 Å². The molecule has 2 rings (SSSR count). The first kappa shape index (κ1) is 26.3. The molecule has 2 aromatic rings. The number of hydrogen-bond donors (Lipinski definition) is 3. The first-order valence-electron chi connectivity index (χ1n) is 10.5. The van der Waals surface area contributed by atoms with Crippen molar-refractivity contribution >= 4 is 23.6 Å². The molecule has 3 N–H and O–H groups in total. The number of ether oxygens (including phenoxy) is 2. The van der Waals surface area contributed by atoms with Crippen LogP contribution in [0.4, 0.5) is 0 Å². The molecule has 0 spiro atoms. The number of carbonyl (C=O) groups is 2. The molecule has 1 heterocycles. The molecule has 0 aliphatic carbocycles. The Bertz CT molecular complexity index is 949. The molecule has 0 fully saturated rings. The molecule has 0 saturated carbocycles. The van der Waals surface area contributed by atoms with E-state index in [1.165, 1.54) is 11.8 Å². The minimum absolute atomic E-state index is 0.0708. The van der Waals surface area contributed by atoms with E-state index in [2.05, 4.69) is 26.3 Å². The lowest BCUT2D eigenvalue weighted by molar-refractivity contribution is -0.124. The molecule has 2 amide bonds. The number of methoxy groups -OCH3 is 1. The predicted octanol–water partition coefficient (Wildman–Crippen LogP) is 2.33. The van der Waals surface area contributed by atoms with Gasteiger partial charge < -0.3 is 25.5 Å². The van der Waals surface area contributed by atoms with Crippen molar-refractivity contribution in [1.82, 2.24) is 25.5 Å². The lowest BCUT2D eigenvalue weighted by atomic mass is 10.1. The van der Waals surface area contributed by atoms with E-state index < -0.39 is 0 Å². The van der Waals surface area contributed by atoms with Crippen LogP contribution >= 0.6 is 11.8 Å². The number of amides is 2. The maximum Gasteiger partial charge on any atom is 0.258 e. The minimum atomic E-state index is -0.324. The summed E-state index contributed by atoms with van der Waals surface area (Å²) in [6, 6.07) is 5.47. The van der Waals surface area contributed by atoms with Crippen LogP contribution < -0.4 is 25.5 Å². The average Bonchev–Trinajstić information content (AvgIpc) is 3.14. The molecular formula is C22H34N6O4S. The van der Waals surface area contributed by atoms with Crippen molar-refractivity contribution in [2.75, 3.05) is 24.9 Å². The highest BCUT2D eigenvalue weighted by molar-refractivity contribution is 7.99. The van der Waals surface area contributed by atoms with E-state index >= 15 is 0 Å². The Hall–Kier alpha value is -2.95. The molecule has 11 heteroatoms. The molecule has 0 aliphatic rings. The lowest BCUT2D eigenvalue weighted by Gasteiger charge is -2.21. The molecule has 0 unspecified atom stereocenters. The van der Waals surface area contributed by atoms with Crippen LogP contribution in [-0.2, 0) is 16.1 Å². The van der Waals surface area contributed by atoms with Crippen molar-refractivity contribution in [1.29, 1.82) is 0 Å². The first-order chi connectivity index (χ1) is 15.4. The number of rotatable bonds is 10. The normalized spacial score (nSPS) is 11.6. The second-order valence-corrected chi connectivity index (χ2v) is 10.4. The van der Waals surface area contributed by atoms with Crippen LogP contribution in [0, 0.1) is 0 Å². The van der Waals surface area contributed by atoms with Gasteiger partial charge in [-0.15, -0.1) is 10.2 Å². The van der Waals surface area contributed by atoms with E-state index in [-0.39, 0.29) is 35.3 Å². The van der Waals surface area contributed by atoms with Gasteiger partial charge in [0.15, 0.2) is 18.1 Å². The predicted molar refractivity (Wildman–Crippen MR) is 128 cm³/mol. The Balaban J connectivity index is 1.92. The summed E-state index contributed by atoms with van der Waals surface area (Å²) in [6.07, 6.45) is 1.55. The quantitative estimate of drug-likeness (QED) is 0.445. The number of nitrogens with one attached hydrogen (secondary N) is 3. The molecule has 1 aromatic carbocycles. The highest BCUT2D eigenvalue weighted by Crippen LogP contribution is 2.28. The van der Waals surface area contributed by atoms with E-state index in [4.69, 9.17) is 9.47 Å². The van der Waals surface area contributed by atoms with Gasteiger partial charge >= 0.3 is 0 Å². The summed E-state index contributed by atoms with van der Waals surface area (Å²) in [5.41, 5.74) is 3.52. The van der Waals surface area contributed by atoms with Gasteiger partial charge in [-0.3, -0.25) is 9.59 Å². The van der Waals surface area contributed by atoms with Gasteiger partial charge in [0.2, 0.25) is 11.1 Å². The SMILES string of the molecule is COc1cc(CNn2cnnc2SCC(=O)NC(C)(C)C)ccc1OCC(=O)NC(C)(C)C. The van der Waals surface area contributed by atoms with E-state index in [0.717, 1.165) is 5.56 Å². The van der Waals surface area contributed by atoms with Crippen molar-refractivity contribution in [3.8, 4) is 11.5 Å². The molecule has 33 heavy (non-hydrogen) atoms. The third-order valence-electron chi connectivity index (χ3n) is 3.92. The molecule has 0 aliphatic heterocycles. The minimum Gasteiger partial charge on any atom is -0.493 e. The molecular weight excluding hydrogens is 444 g/mol. The van der Waals surface area contributed by atoms with Crippen LogP contribution in [0.2, 0.25) is 0 Å². The number of thioether (sulfide) groups is 1. The highest BCUT2D eigenvalue weighted by atomic mass is 32.2. The second kappa shape index (κ2) is 11.3. The zero-order valence-corrected chi connectivity index (χ0v) is 21.1. The summed E-state index contributed by atoms with van der Waals surface area (Å²) < 4.78 is 12.7. The molecule has 10 nitrogen and oxygen atoms in total. The molecule has 0 saturated heterocycles. The van der Waals surface area contributed by atoms with Gasteiger partial charge in [-0.1, -0.05) is 17.8 Å². The highest BCUT2D eigenvalue weighted by Gasteiger charge is 2.16. The Morgan fingerprint density at radius 1 is 1.03 bits per heavy atom. The van der Waals surface area contributed by atoms with E-state index in [9.17, 15) is 9.59 Å². The standard InChI is InChI=1S/C22H34N6O4S/c1-21(2,3)25-18(29)12-32-16-9-8-15(10-17(16)31-7)11-24-28-14-23-27-20(28)33-13-19(30)26-22(4,5)6/h8-10,14,24H,11-13H2,1-7H3,(H,25,29)(H,26,30). The summed E-state index contributed by atoms with van der Waals surface area (Å²) in [7, 11) is 1.55. The monoisotopic (exact) mass is 478 g/mol. The molecule has 0 atom stereocenters. The average molecular weight is 479 g/mol. The van der Waals surface area contributed by atoms with Gasteiger partial charge in [0.05, 0.1) is 19.4 Å². The fraction of sp³-hybridized carbons (Fsp3) is 0.545. The van der Waals surface area contributed by atoms with Crippen molar-refractivity contribution in [2.24, 2.45) is 0 Å². The molecule has 0 radical (unpaired) electrons. The van der Waals surface area contributed by atoms with E-state index in [1.807, 2.05) is 53.7 Å². The maximum atomic E-state index is 12.0. The number of aromatic nitrogens is 3. The molecule has 0 bridgehead atoms. The smallest absolute Gasteiger partial charge is 0.258 e. The number of carbonyl (C=O) groups excluding carboxylic acids is 2. The maximum absolute atomic E-state index is 12.0. The van der Waals surface area contributed by atoms with Gasteiger partial charge in [-0.2, -0.15) is 0 Å². The second-order valence-electron chi connectivity index (χ2n) is 9.48. The number of nitrogens with zero attached hydrogens (tertiary/aromatic N) is 3. The summed E-state index contributed by atoms with van der Waals surface area (Å²) in [6.45, 7) is 11.9. The third kappa shape index (κ3) is 9.60. The first-order valence-corrected chi connectivity index (χ1v) is 11.5. The van der Waals surface area contributed by atoms with Crippen LogP contribution in [0.25, 0.3) is 0 Å². The van der Waals surface area contributed by atoms with E-state index in [1.54, 1.807) is 24.2 Å². The molecule has 1 aromatic heterocycles. The van der Waals surface area contributed by atoms with Crippen LogP contribution in [-0.4, -0.2) is 57.2 Å². The van der Waals surface area contributed by atoms with Crippen molar-refractivity contribution in [3.05, 3.63) is 30.1 Å². The summed E-state index contributed by atoms with van der Waals surface area (Å²) in [5, 5.41) is 14.3. The number of hydrogen-bond acceptors (Lipinski definition) is 8. The molecule has 182 valence electrons. The third-order valence-corrected chi connectivity index (χ3v) is 4.86. The summed E-state index contributed by atoms with van der Waals surface area (Å²) in [4.78, 5) is 24.0. The summed E-state index contributed by atoms with van der Waals surface area (Å²) >= 11 is 1.29. The lowest BCUT2D eigenvalue weighted by Crippen LogP contribution is -2.43. The topological polar surface area (TPSA) is 119 Å². The van der Waals surface area contributed by atoms with Gasteiger partial charge in [-0.25, -0.2) is 4.68 Å². The number of benzene rings is 1. The van der Waals surface area contributed by atoms with Crippen LogP contribution in [0.3, 0.4) is 0 Å². The largest absolute Gasteiger partial charge is 0.493 e. The Labute approximate surface area is 199 Å². The van der Waals surface area contributed by atoms with Crippen molar-refractivity contribution in [3.63, 3.8) is 0 Å². The van der Waals surface area contributed by atoms with Crippen molar-refractivity contribution in [2.45, 2.75) is 64.3 Å². The van der Waals surface area contributed by atoms with Gasteiger partial charge in [0, 0.05) is 11.1 Å². The fourth-order valence-corrected chi connectivity index (χ4v) is 3.42. The van der Waals surface area contributed by atoms with E-state index in [0.29, 0.717) is 23.2 Å². The van der Waals surface area contributed by atoms with Crippen LogP contribution in [0.15, 0.2) is 29.7 Å². The van der Waals surface area contributed by atoms with Crippen LogP contribution in [0.5, 0.6) is 11.5 Å². The fourth-order valence-electron chi connectivity index (χ4n) is 2.73. The summed E-state index contributed by atoms with van der Waals surface area (Å²) in [5.74, 6) is 0.966. The van der Waals surface area contributed by atoms with Gasteiger partial charge in [0.25, 0.3) is 5.91 Å².